The summed E-state index contributed by atoms with van der Waals surface area (Å²) in [6.07, 6.45) is 7.27. The minimum absolute atomic E-state index is 0.0435. The highest BCUT2D eigenvalue weighted by atomic mass is 16.1. The Bertz CT molecular complexity index is 663. The number of carbonyl (C=O) groups is 1. The molecule has 0 unspecified atom stereocenters. The van der Waals surface area contributed by atoms with E-state index in [2.05, 4.69) is 30.5 Å². The van der Waals surface area contributed by atoms with Gasteiger partial charge in [-0.1, -0.05) is 0 Å². The molecule has 1 fully saturated rings. The minimum atomic E-state index is 0.0435. The first-order valence-corrected chi connectivity index (χ1v) is 7.71. The number of likely N-dealkylation sites (tertiary alicyclic amines) is 1. The fraction of sp³-hybridized carbons (Fsp3) is 0.375. The lowest BCUT2D eigenvalue weighted by molar-refractivity contribution is -0.122. The zero-order chi connectivity index (χ0) is 16.1. The Morgan fingerprint density at radius 3 is 2.91 bits per heavy atom. The van der Waals surface area contributed by atoms with Crippen LogP contribution in [0.2, 0.25) is 0 Å². The summed E-state index contributed by atoms with van der Waals surface area (Å²) >= 11 is 0. The number of amides is 1. The Morgan fingerprint density at radius 2 is 2.13 bits per heavy atom. The maximum absolute atomic E-state index is 11.7. The maximum atomic E-state index is 11.7. The van der Waals surface area contributed by atoms with E-state index in [0.29, 0.717) is 18.3 Å². The highest BCUT2D eigenvalue weighted by Crippen LogP contribution is 2.32. The van der Waals surface area contributed by atoms with Crippen LogP contribution in [-0.2, 0) is 4.79 Å². The van der Waals surface area contributed by atoms with Crippen molar-refractivity contribution < 1.29 is 4.79 Å². The third-order valence-electron chi connectivity index (χ3n) is 3.96. The van der Waals surface area contributed by atoms with Gasteiger partial charge in [-0.15, -0.1) is 0 Å². The van der Waals surface area contributed by atoms with Crippen molar-refractivity contribution in [2.75, 3.05) is 25.5 Å². The molecule has 2 aromatic rings. The Kier molecular flexibility index (Phi) is 4.77. The lowest BCUT2D eigenvalue weighted by Crippen LogP contribution is -2.35. The zero-order valence-electron chi connectivity index (χ0n) is 13.1. The average Bonchev–Trinajstić information content (AvgIpc) is 3.04. The zero-order valence-corrected chi connectivity index (χ0v) is 13.1. The molecular formula is C16H20N6O. The van der Waals surface area contributed by atoms with Gasteiger partial charge in [0.05, 0.1) is 6.54 Å². The van der Waals surface area contributed by atoms with Crippen LogP contribution in [0.5, 0.6) is 0 Å². The van der Waals surface area contributed by atoms with Crippen LogP contribution >= 0.6 is 0 Å². The molecule has 1 aliphatic heterocycles. The Morgan fingerprint density at radius 1 is 1.30 bits per heavy atom. The number of nitrogens with one attached hydrogen (secondary N) is 2. The van der Waals surface area contributed by atoms with Crippen molar-refractivity contribution in [1.29, 1.82) is 0 Å². The molecule has 1 amide bonds. The van der Waals surface area contributed by atoms with Gasteiger partial charge < -0.3 is 10.6 Å². The van der Waals surface area contributed by atoms with Crippen LogP contribution < -0.4 is 10.6 Å². The topological polar surface area (TPSA) is 83.0 Å². The molecule has 0 aromatic carbocycles. The SMILES string of the molecule is CNC(=O)CN1CCC[C@H]1c1ccnc(Nc2ncccn2)c1. The van der Waals surface area contributed by atoms with Crippen molar-refractivity contribution in [3.63, 3.8) is 0 Å². The molecule has 1 saturated heterocycles. The van der Waals surface area contributed by atoms with Gasteiger partial charge in [0, 0.05) is 31.7 Å². The summed E-state index contributed by atoms with van der Waals surface area (Å²) in [6.45, 7) is 1.36. The second-order valence-corrected chi connectivity index (χ2v) is 5.47. The van der Waals surface area contributed by atoms with Crippen molar-refractivity contribution >= 4 is 17.7 Å². The van der Waals surface area contributed by atoms with Gasteiger partial charge in [0.2, 0.25) is 11.9 Å². The van der Waals surface area contributed by atoms with Gasteiger partial charge in [-0.3, -0.25) is 9.69 Å². The van der Waals surface area contributed by atoms with Gasteiger partial charge in [-0.25, -0.2) is 15.0 Å². The van der Waals surface area contributed by atoms with Crippen LogP contribution in [-0.4, -0.2) is 45.9 Å². The summed E-state index contributed by atoms with van der Waals surface area (Å²) in [7, 11) is 1.67. The van der Waals surface area contributed by atoms with Crippen LogP contribution in [0.4, 0.5) is 11.8 Å². The Hall–Kier alpha value is -2.54. The molecule has 3 rings (SSSR count). The molecular weight excluding hydrogens is 292 g/mol. The fourth-order valence-electron chi connectivity index (χ4n) is 2.86. The second kappa shape index (κ2) is 7.15. The number of likely N-dealkylation sites (N-methyl/N-ethyl adjacent to an activating group) is 1. The minimum Gasteiger partial charge on any atom is -0.358 e. The number of aromatic nitrogens is 3. The number of pyridine rings is 1. The van der Waals surface area contributed by atoms with E-state index in [1.54, 1.807) is 31.7 Å². The summed E-state index contributed by atoms with van der Waals surface area (Å²) in [5.74, 6) is 1.27. The largest absolute Gasteiger partial charge is 0.358 e. The predicted octanol–water partition coefficient (Wildman–Crippen LogP) is 1.50. The average molecular weight is 312 g/mol. The van der Waals surface area contributed by atoms with Crippen molar-refractivity contribution in [2.24, 2.45) is 0 Å². The molecule has 1 atom stereocenters. The van der Waals surface area contributed by atoms with E-state index in [4.69, 9.17) is 0 Å². The first-order valence-electron chi connectivity index (χ1n) is 7.71. The number of nitrogens with zero attached hydrogens (tertiary/aromatic N) is 4. The number of rotatable bonds is 5. The van der Waals surface area contributed by atoms with E-state index in [-0.39, 0.29) is 11.9 Å². The lowest BCUT2D eigenvalue weighted by Gasteiger charge is -2.24. The smallest absolute Gasteiger partial charge is 0.233 e. The summed E-state index contributed by atoms with van der Waals surface area (Å²) < 4.78 is 0. The molecule has 0 saturated carbocycles. The summed E-state index contributed by atoms with van der Waals surface area (Å²) in [6, 6.07) is 6.02. The first kappa shape index (κ1) is 15.4. The van der Waals surface area contributed by atoms with Crippen molar-refractivity contribution in [3.8, 4) is 0 Å². The molecule has 0 spiro atoms. The van der Waals surface area contributed by atoms with Gasteiger partial charge >= 0.3 is 0 Å². The Balaban J connectivity index is 1.75. The third kappa shape index (κ3) is 3.81. The van der Waals surface area contributed by atoms with E-state index in [1.165, 1.54) is 0 Å². The van der Waals surface area contributed by atoms with E-state index in [1.807, 2.05) is 12.1 Å². The normalized spacial score (nSPS) is 17.9. The fourth-order valence-corrected chi connectivity index (χ4v) is 2.86. The molecule has 0 aliphatic carbocycles. The number of hydrogen-bond donors (Lipinski definition) is 2. The molecule has 120 valence electrons. The molecule has 3 heterocycles. The van der Waals surface area contributed by atoms with Crippen LogP contribution in [0.3, 0.4) is 0 Å². The van der Waals surface area contributed by atoms with Crippen LogP contribution in [0.1, 0.15) is 24.4 Å². The number of anilines is 2. The van der Waals surface area contributed by atoms with Gasteiger partial charge in [-0.2, -0.15) is 0 Å². The van der Waals surface area contributed by atoms with Crippen LogP contribution in [0, 0.1) is 0 Å². The highest BCUT2D eigenvalue weighted by Gasteiger charge is 2.27. The van der Waals surface area contributed by atoms with Crippen molar-refractivity contribution in [3.05, 3.63) is 42.4 Å². The lowest BCUT2D eigenvalue weighted by atomic mass is 10.1. The van der Waals surface area contributed by atoms with Gasteiger partial charge in [0.1, 0.15) is 5.82 Å². The van der Waals surface area contributed by atoms with E-state index in [0.717, 1.165) is 24.9 Å². The van der Waals surface area contributed by atoms with Crippen LogP contribution in [0.25, 0.3) is 0 Å². The van der Waals surface area contributed by atoms with E-state index in [9.17, 15) is 4.79 Å². The Labute approximate surface area is 135 Å². The predicted molar refractivity (Wildman–Crippen MR) is 87.2 cm³/mol. The highest BCUT2D eigenvalue weighted by molar-refractivity contribution is 5.77. The molecule has 0 radical (unpaired) electrons. The second-order valence-electron chi connectivity index (χ2n) is 5.47. The summed E-state index contributed by atoms with van der Waals surface area (Å²) in [5.41, 5.74) is 1.15. The molecule has 7 heteroatoms. The molecule has 0 bridgehead atoms. The van der Waals surface area contributed by atoms with Gasteiger partial charge in [-0.05, 0) is 43.1 Å². The van der Waals surface area contributed by atoms with Crippen LogP contribution in [0.15, 0.2) is 36.8 Å². The quantitative estimate of drug-likeness (QED) is 0.870. The van der Waals surface area contributed by atoms with Gasteiger partial charge in [0.25, 0.3) is 0 Å². The summed E-state index contributed by atoms with van der Waals surface area (Å²) in [4.78, 5) is 26.5. The molecule has 1 aliphatic rings. The number of hydrogen-bond acceptors (Lipinski definition) is 6. The van der Waals surface area contributed by atoms with Crippen molar-refractivity contribution in [2.45, 2.75) is 18.9 Å². The van der Waals surface area contributed by atoms with E-state index < -0.39 is 0 Å². The monoisotopic (exact) mass is 312 g/mol. The number of carbonyl (C=O) groups excluding carboxylic acids is 1. The van der Waals surface area contributed by atoms with Crippen molar-refractivity contribution in [1.82, 2.24) is 25.2 Å². The standard InChI is InChI=1S/C16H20N6O/c1-17-15(23)11-22-9-2-4-13(22)12-5-8-18-14(10-12)21-16-19-6-3-7-20-16/h3,5-8,10,13H,2,4,9,11H2,1H3,(H,17,23)(H,18,19,20,21)/t13-/m0/s1. The maximum Gasteiger partial charge on any atom is 0.233 e. The third-order valence-corrected chi connectivity index (χ3v) is 3.96. The molecule has 2 N–H and O–H groups in total. The van der Waals surface area contributed by atoms with Gasteiger partial charge in [0.15, 0.2) is 0 Å². The first-order chi connectivity index (χ1) is 11.3. The summed E-state index contributed by atoms with van der Waals surface area (Å²) in [5, 5.41) is 5.79. The molecule has 2 aromatic heterocycles. The van der Waals surface area contributed by atoms with E-state index >= 15 is 0 Å². The molecule has 7 nitrogen and oxygen atoms in total. The molecule has 23 heavy (non-hydrogen) atoms.